The van der Waals surface area contributed by atoms with Gasteiger partial charge in [0.2, 0.25) is 0 Å². The Morgan fingerprint density at radius 1 is 1.00 bits per heavy atom. The molecule has 1 saturated heterocycles. The number of hydrogen-bond acceptors (Lipinski definition) is 4. The van der Waals surface area contributed by atoms with Crippen molar-refractivity contribution in [3.05, 3.63) is 64.7 Å². The summed E-state index contributed by atoms with van der Waals surface area (Å²) in [6.45, 7) is 3.15. The number of piperazine rings is 1. The monoisotopic (exact) mass is 416 g/mol. The Balaban J connectivity index is 1.61. The van der Waals surface area contributed by atoms with Gasteiger partial charge in [-0.3, -0.25) is 14.9 Å². The standard InChI is InChI=1S/C20H21ClN4O2S/c1-24-8-10-25(11-9-24)19(27)15-5-3-7-17(13-15)22-20(28)23-18(26)14-4-2-6-16(21)12-14/h2-7,12-13H,8-11H2,1H3,(H2,22,23,26,28). The SMILES string of the molecule is CN1CCN(C(=O)c2cccc(NC(=S)NC(=O)c3cccc(Cl)c3)c2)CC1. The molecule has 0 unspecified atom stereocenters. The number of rotatable bonds is 3. The third-order valence-electron chi connectivity index (χ3n) is 4.47. The van der Waals surface area contributed by atoms with Crippen molar-refractivity contribution in [2.45, 2.75) is 0 Å². The fraction of sp³-hybridized carbons (Fsp3) is 0.250. The van der Waals surface area contributed by atoms with Crippen LogP contribution in [0.3, 0.4) is 0 Å². The highest BCUT2D eigenvalue weighted by Crippen LogP contribution is 2.15. The topological polar surface area (TPSA) is 64.7 Å². The molecule has 0 saturated carbocycles. The van der Waals surface area contributed by atoms with Crippen LogP contribution in [0.4, 0.5) is 5.69 Å². The zero-order valence-corrected chi connectivity index (χ0v) is 17.0. The summed E-state index contributed by atoms with van der Waals surface area (Å²) in [6, 6.07) is 13.7. The quantitative estimate of drug-likeness (QED) is 0.753. The molecular formula is C20H21ClN4O2S. The second kappa shape index (κ2) is 9.14. The normalized spacial score (nSPS) is 14.4. The third-order valence-corrected chi connectivity index (χ3v) is 4.91. The number of carbonyl (C=O) groups is 2. The summed E-state index contributed by atoms with van der Waals surface area (Å²) in [4.78, 5) is 29.0. The number of nitrogens with one attached hydrogen (secondary N) is 2. The van der Waals surface area contributed by atoms with E-state index < -0.39 is 0 Å². The predicted molar refractivity (Wildman–Crippen MR) is 115 cm³/mol. The van der Waals surface area contributed by atoms with Gasteiger partial charge in [0.15, 0.2) is 5.11 Å². The van der Waals surface area contributed by atoms with Crippen molar-refractivity contribution in [2.75, 3.05) is 38.5 Å². The maximum absolute atomic E-state index is 12.7. The van der Waals surface area contributed by atoms with Gasteiger partial charge in [-0.05, 0) is 55.7 Å². The molecule has 2 amide bonds. The first-order valence-corrected chi connectivity index (χ1v) is 9.67. The number of anilines is 1. The van der Waals surface area contributed by atoms with Crippen LogP contribution in [0.15, 0.2) is 48.5 Å². The second-order valence-corrected chi connectivity index (χ2v) is 7.44. The molecule has 1 fully saturated rings. The minimum atomic E-state index is -0.357. The number of benzene rings is 2. The van der Waals surface area contributed by atoms with Crippen molar-refractivity contribution in [1.29, 1.82) is 0 Å². The summed E-state index contributed by atoms with van der Waals surface area (Å²) in [6.07, 6.45) is 0. The molecular weight excluding hydrogens is 396 g/mol. The number of halogens is 1. The zero-order chi connectivity index (χ0) is 20.1. The molecule has 0 radical (unpaired) electrons. The van der Waals surface area contributed by atoms with E-state index >= 15 is 0 Å². The smallest absolute Gasteiger partial charge is 0.257 e. The number of likely N-dealkylation sites (N-methyl/N-ethyl adjacent to an activating group) is 1. The van der Waals surface area contributed by atoms with Gasteiger partial charge >= 0.3 is 0 Å². The Labute approximate surface area is 174 Å². The molecule has 146 valence electrons. The van der Waals surface area contributed by atoms with E-state index in [0.29, 0.717) is 34.9 Å². The van der Waals surface area contributed by atoms with Gasteiger partial charge in [0.1, 0.15) is 0 Å². The van der Waals surface area contributed by atoms with E-state index in [4.69, 9.17) is 23.8 Å². The Hall–Kier alpha value is -2.48. The summed E-state index contributed by atoms with van der Waals surface area (Å²) in [5.41, 5.74) is 1.63. The number of amides is 2. The molecule has 2 N–H and O–H groups in total. The van der Waals surface area contributed by atoms with Crippen molar-refractivity contribution in [3.8, 4) is 0 Å². The van der Waals surface area contributed by atoms with Crippen molar-refractivity contribution in [2.24, 2.45) is 0 Å². The molecule has 0 bridgehead atoms. The molecule has 1 aliphatic heterocycles. The maximum atomic E-state index is 12.7. The van der Waals surface area contributed by atoms with E-state index in [1.165, 1.54) is 0 Å². The van der Waals surface area contributed by atoms with Gasteiger partial charge in [0, 0.05) is 48.0 Å². The zero-order valence-electron chi connectivity index (χ0n) is 15.4. The van der Waals surface area contributed by atoms with E-state index in [-0.39, 0.29) is 16.9 Å². The Morgan fingerprint density at radius 3 is 2.39 bits per heavy atom. The minimum Gasteiger partial charge on any atom is -0.336 e. The van der Waals surface area contributed by atoms with Crippen LogP contribution in [-0.2, 0) is 0 Å². The average Bonchev–Trinajstić information content (AvgIpc) is 2.68. The molecule has 2 aromatic rings. The summed E-state index contributed by atoms with van der Waals surface area (Å²) in [5, 5.41) is 6.18. The number of hydrogen-bond donors (Lipinski definition) is 2. The summed E-state index contributed by atoms with van der Waals surface area (Å²) >= 11 is 11.1. The fourth-order valence-corrected chi connectivity index (χ4v) is 3.29. The van der Waals surface area contributed by atoms with Crippen LogP contribution in [-0.4, -0.2) is 60.0 Å². The number of nitrogens with zero attached hydrogens (tertiary/aromatic N) is 2. The lowest BCUT2D eigenvalue weighted by atomic mass is 10.1. The van der Waals surface area contributed by atoms with Crippen molar-refractivity contribution in [1.82, 2.24) is 15.1 Å². The van der Waals surface area contributed by atoms with E-state index in [0.717, 1.165) is 13.1 Å². The van der Waals surface area contributed by atoms with Crippen molar-refractivity contribution in [3.63, 3.8) is 0 Å². The second-order valence-electron chi connectivity index (χ2n) is 6.59. The molecule has 1 heterocycles. The minimum absolute atomic E-state index is 0.00867. The van der Waals surface area contributed by atoms with Crippen LogP contribution in [0.5, 0.6) is 0 Å². The molecule has 28 heavy (non-hydrogen) atoms. The highest BCUT2D eigenvalue weighted by molar-refractivity contribution is 7.80. The van der Waals surface area contributed by atoms with Crippen LogP contribution in [0, 0.1) is 0 Å². The van der Waals surface area contributed by atoms with E-state index in [1.807, 2.05) is 11.9 Å². The third kappa shape index (κ3) is 5.28. The first kappa shape index (κ1) is 20.3. The fourth-order valence-electron chi connectivity index (χ4n) is 2.89. The Bertz CT molecular complexity index is 897. The molecule has 6 nitrogen and oxygen atoms in total. The molecule has 2 aromatic carbocycles. The first-order chi connectivity index (χ1) is 13.4. The molecule has 1 aliphatic rings. The molecule has 0 atom stereocenters. The summed E-state index contributed by atoms with van der Waals surface area (Å²) in [5.74, 6) is -0.365. The first-order valence-electron chi connectivity index (χ1n) is 8.88. The van der Waals surface area contributed by atoms with E-state index in [1.54, 1.807) is 48.5 Å². The van der Waals surface area contributed by atoms with Crippen LogP contribution >= 0.6 is 23.8 Å². The number of thiocarbonyl (C=S) groups is 1. The van der Waals surface area contributed by atoms with Gasteiger partial charge in [-0.2, -0.15) is 0 Å². The Kier molecular flexibility index (Phi) is 6.61. The van der Waals surface area contributed by atoms with Gasteiger partial charge in [-0.15, -0.1) is 0 Å². The van der Waals surface area contributed by atoms with E-state index in [9.17, 15) is 9.59 Å². The molecule has 8 heteroatoms. The average molecular weight is 417 g/mol. The lowest BCUT2D eigenvalue weighted by Crippen LogP contribution is -2.47. The van der Waals surface area contributed by atoms with Gasteiger partial charge in [0.05, 0.1) is 0 Å². The van der Waals surface area contributed by atoms with Crippen molar-refractivity contribution >= 4 is 46.4 Å². The van der Waals surface area contributed by atoms with Crippen LogP contribution < -0.4 is 10.6 Å². The lowest BCUT2D eigenvalue weighted by Gasteiger charge is -2.32. The molecule has 0 aliphatic carbocycles. The predicted octanol–water partition coefficient (Wildman–Crippen LogP) is 2.85. The van der Waals surface area contributed by atoms with Crippen LogP contribution in [0.2, 0.25) is 5.02 Å². The number of carbonyl (C=O) groups excluding carboxylic acids is 2. The molecule has 3 rings (SSSR count). The molecule has 0 aromatic heterocycles. The highest BCUT2D eigenvalue weighted by Gasteiger charge is 2.20. The van der Waals surface area contributed by atoms with E-state index in [2.05, 4.69) is 15.5 Å². The van der Waals surface area contributed by atoms with Crippen LogP contribution in [0.25, 0.3) is 0 Å². The van der Waals surface area contributed by atoms with Gasteiger partial charge in [-0.1, -0.05) is 23.7 Å². The van der Waals surface area contributed by atoms with Gasteiger partial charge < -0.3 is 15.1 Å². The highest BCUT2D eigenvalue weighted by atomic mass is 35.5. The largest absolute Gasteiger partial charge is 0.336 e. The van der Waals surface area contributed by atoms with Crippen LogP contribution in [0.1, 0.15) is 20.7 Å². The summed E-state index contributed by atoms with van der Waals surface area (Å²) < 4.78 is 0. The Morgan fingerprint density at radius 2 is 1.68 bits per heavy atom. The lowest BCUT2D eigenvalue weighted by molar-refractivity contribution is 0.0664. The van der Waals surface area contributed by atoms with Crippen molar-refractivity contribution < 1.29 is 9.59 Å². The molecule has 0 spiro atoms. The van der Waals surface area contributed by atoms with Gasteiger partial charge in [0.25, 0.3) is 11.8 Å². The maximum Gasteiger partial charge on any atom is 0.257 e. The van der Waals surface area contributed by atoms with Gasteiger partial charge in [-0.25, -0.2) is 0 Å². The summed E-state index contributed by atoms with van der Waals surface area (Å²) in [7, 11) is 2.05.